The quantitative estimate of drug-likeness (QED) is 0.696. The Balaban J connectivity index is 1.69. The van der Waals surface area contributed by atoms with Crippen LogP contribution in [-0.4, -0.2) is 18.2 Å². The van der Waals surface area contributed by atoms with Crippen LogP contribution in [0, 0.1) is 5.95 Å². The van der Waals surface area contributed by atoms with Gasteiger partial charge >= 0.3 is 6.09 Å². The van der Waals surface area contributed by atoms with Gasteiger partial charge in [-0.3, -0.25) is 0 Å². The summed E-state index contributed by atoms with van der Waals surface area (Å²) in [5.74, 6) is 0.171. The van der Waals surface area contributed by atoms with Crippen molar-refractivity contribution in [2.24, 2.45) is 0 Å². The molecular formula is C21H17FN2O3. The molecule has 0 radical (unpaired) electrons. The Bertz CT molecular complexity index is 975. The summed E-state index contributed by atoms with van der Waals surface area (Å²) in [5.41, 5.74) is 3.40. The summed E-state index contributed by atoms with van der Waals surface area (Å²) in [4.78, 5) is 15.6. The third-order valence-corrected chi connectivity index (χ3v) is 4.54. The van der Waals surface area contributed by atoms with Crippen LogP contribution in [0.1, 0.15) is 23.3 Å². The summed E-state index contributed by atoms with van der Waals surface area (Å²) in [5, 5.41) is 2.87. The van der Waals surface area contributed by atoms with E-state index < -0.39 is 18.1 Å². The third-order valence-electron chi connectivity index (χ3n) is 4.54. The van der Waals surface area contributed by atoms with E-state index in [-0.39, 0.29) is 6.04 Å². The second-order valence-corrected chi connectivity index (χ2v) is 6.22. The second kappa shape index (κ2) is 7.07. The molecule has 1 amide bonds. The van der Waals surface area contributed by atoms with Crippen molar-refractivity contribution in [2.75, 3.05) is 7.11 Å². The first-order valence-electron chi connectivity index (χ1n) is 8.47. The number of benzene rings is 2. The zero-order valence-electron chi connectivity index (χ0n) is 14.6. The van der Waals surface area contributed by atoms with Gasteiger partial charge in [0.2, 0.25) is 5.95 Å². The van der Waals surface area contributed by atoms with Crippen LogP contribution in [0.2, 0.25) is 0 Å². The first kappa shape index (κ1) is 17.0. The number of ether oxygens (including phenoxy) is 2. The van der Waals surface area contributed by atoms with Gasteiger partial charge in [0.05, 0.1) is 13.2 Å². The van der Waals surface area contributed by atoms with E-state index in [0.717, 1.165) is 22.3 Å². The minimum absolute atomic E-state index is 0.349. The predicted molar refractivity (Wildman–Crippen MR) is 97.7 cm³/mol. The van der Waals surface area contributed by atoms with Gasteiger partial charge in [-0.25, -0.2) is 9.78 Å². The lowest BCUT2D eigenvalue weighted by atomic mass is 9.94. The van der Waals surface area contributed by atoms with E-state index in [1.54, 1.807) is 13.2 Å². The molecule has 2 heterocycles. The number of carbonyl (C=O) groups excluding carboxylic acids is 1. The Morgan fingerprint density at radius 3 is 2.63 bits per heavy atom. The van der Waals surface area contributed by atoms with Gasteiger partial charge in [0.15, 0.2) is 6.10 Å². The lowest BCUT2D eigenvalue weighted by Gasteiger charge is -2.19. The Labute approximate surface area is 155 Å². The number of hydrogen-bond donors (Lipinski definition) is 1. The summed E-state index contributed by atoms with van der Waals surface area (Å²) < 4.78 is 23.9. The van der Waals surface area contributed by atoms with Gasteiger partial charge in [0.25, 0.3) is 0 Å². The van der Waals surface area contributed by atoms with Gasteiger partial charge in [0.1, 0.15) is 5.75 Å². The van der Waals surface area contributed by atoms with Gasteiger partial charge in [-0.15, -0.1) is 0 Å². The first-order valence-corrected chi connectivity index (χ1v) is 8.47. The van der Waals surface area contributed by atoms with Gasteiger partial charge < -0.3 is 14.8 Å². The minimum atomic E-state index is -0.524. The average molecular weight is 364 g/mol. The molecule has 1 aromatic heterocycles. The van der Waals surface area contributed by atoms with Crippen molar-refractivity contribution in [1.29, 1.82) is 0 Å². The van der Waals surface area contributed by atoms with Crippen LogP contribution in [0.3, 0.4) is 0 Å². The number of carbonyl (C=O) groups is 1. The number of halogens is 1. The highest BCUT2D eigenvalue weighted by atomic mass is 19.1. The summed E-state index contributed by atoms with van der Waals surface area (Å²) in [6, 6.07) is 17.8. The van der Waals surface area contributed by atoms with E-state index in [1.807, 2.05) is 48.5 Å². The molecule has 2 atom stereocenters. The van der Waals surface area contributed by atoms with Crippen LogP contribution in [0.25, 0.3) is 11.1 Å². The number of aromatic nitrogens is 1. The topological polar surface area (TPSA) is 60.5 Å². The van der Waals surface area contributed by atoms with E-state index in [4.69, 9.17) is 9.47 Å². The molecule has 4 rings (SSSR count). The van der Waals surface area contributed by atoms with Crippen molar-refractivity contribution in [1.82, 2.24) is 10.3 Å². The van der Waals surface area contributed by atoms with Crippen LogP contribution in [0.15, 0.2) is 66.9 Å². The van der Waals surface area contributed by atoms with Crippen molar-refractivity contribution in [3.8, 4) is 16.9 Å². The van der Waals surface area contributed by atoms with E-state index in [2.05, 4.69) is 10.3 Å². The fourth-order valence-electron chi connectivity index (χ4n) is 3.22. The minimum Gasteiger partial charge on any atom is -0.497 e. The second-order valence-electron chi connectivity index (χ2n) is 6.22. The van der Waals surface area contributed by atoms with Crippen molar-refractivity contribution in [3.63, 3.8) is 0 Å². The molecule has 0 aliphatic carbocycles. The summed E-state index contributed by atoms with van der Waals surface area (Å²) in [6.07, 6.45) is 0.536. The molecule has 1 aliphatic rings. The highest BCUT2D eigenvalue weighted by Crippen LogP contribution is 2.38. The van der Waals surface area contributed by atoms with Gasteiger partial charge in [-0.1, -0.05) is 30.3 Å². The molecule has 136 valence electrons. The van der Waals surface area contributed by atoms with Gasteiger partial charge in [-0.2, -0.15) is 4.39 Å². The van der Waals surface area contributed by atoms with Crippen LogP contribution < -0.4 is 10.1 Å². The summed E-state index contributed by atoms with van der Waals surface area (Å²) in [7, 11) is 1.59. The van der Waals surface area contributed by atoms with Crippen LogP contribution >= 0.6 is 0 Å². The van der Waals surface area contributed by atoms with Crippen LogP contribution in [-0.2, 0) is 4.74 Å². The first-order chi connectivity index (χ1) is 13.1. The fourth-order valence-corrected chi connectivity index (χ4v) is 3.22. The number of methoxy groups -OCH3 is 1. The zero-order valence-corrected chi connectivity index (χ0v) is 14.6. The van der Waals surface area contributed by atoms with Gasteiger partial charge in [-0.05, 0) is 47.0 Å². The Morgan fingerprint density at radius 2 is 1.85 bits per heavy atom. The standard InChI is InChI=1S/C21H17FN2O3/c1-26-17-7-3-6-15(11-17)20-19(24-21(25)27-20)14-5-2-4-13(10-14)16-8-9-18(22)23-12-16/h2-12,19-20H,1H3,(H,24,25)/t19-,20-/m1/s1. The molecule has 0 bridgehead atoms. The smallest absolute Gasteiger partial charge is 0.408 e. The number of nitrogens with zero attached hydrogens (tertiary/aromatic N) is 1. The van der Waals surface area contributed by atoms with E-state index >= 15 is 0 Å². The van der Waals surface area contributed by atoms with Crippen molar-refractivity contribution >= 4 is 6.09 Å². The molecule has 5 nitrogen and oxygen atoms in total. The average Bonchev–Trinajstić information content (AvgIpc) is 3.10. The van der Waals surface area contributed by atoms with Gasteiger partial charge in [0, 0.05) is 11.8 Å². The number of pyridine rings is 1. The van der Waals surface area contributed by atoms with Crippen molar-refractivity contribution in [3.05, 3.63) is 83.9 Å². The molecule has 1 fully saturated rings. The maximum Gasteiger partial charge on any atom is 0.408 e. The lowest BCUT2D eigenvalue weighted by molar-refractivity contribution is 0.132. The molecule has 0 unspecified atom stereocenters. The lowest BCUT2D eigenvalue weighted by Crippen LogP contribution is -2.19. The summed E-state index contributed by atoms with van der Waals surface area (Å²) in [6.45, 7) is 0. The fraction of sp³-hybridized carbons (Fsp3) is 0.143. The molecule has 2 aromatic carbocycles. The Kier molecular flexibility index (Phi) is 4.46. The highest BCUT2D eigenvalue weighted by molar-refractivity contribution is 5.72. The SMILES string of the molecule is COc1cccc([C@H]2OC(=O)N[C@@H]2c2cccc(-c3ccc(F)nc3)c2)c1. The Morgan fingerprint density at radius 1 is 1.04 bits per heavy atom. The molecule has 0 spiro atoms. The maximum absolute atomic E-state index is 13.1. The molecule has 6 heteroatoms. The molecule has 1 aliphatic heterocycles. The number of nitrogens with one attached hydrogen (secondary N) is 1. The zero-order chi connectivity index (χ0) is 18.8. The number of amides is 1. The predicted octanol–water partition coefficient (Wildman–Crippen LogP) is 4.42. The monoisotopic (exact) mass is 364 g/mol. The number of alkyl carbamates (subject to hydrolysis) is 1. The molecule has 0 saturated carbocycles. The molecule has 1 N–H and O–H groups in total. The van der Waals surface area contributed by atoms with Crippen molar-refractivity contribution in [2.45, 2.75) is 12.1 Å². The van der Waals surface area contributed by atoms with Crippen LogP contribution in [0.5, 0.6) is 5.75 Å². The van der Waals surface area contributed by atoms with E-state index in [0.29, 0.717) is 5.75 Å². The maximum atomic E-state index is 13.1. The molecular weight excluding hydrogens is 347 g/mol. The number of rotatable bonds is 4. The Hall–Kier alpha value is -3.41. The summed E-state index contributed by atoms with van der Waals surface area (Å²) >= 11 is 0. The molecule has 3 aromatic rings. The van der Waals surface area contributed by atoms with Crippen LogP contribution in [0.4, 0.5) is 9.18 Å². The van der Waals surface area contributed by atoms with E-state index in [9.17, 15) is 9.18 Å². The number of hydrogen-bond acceptors (Lipinski definition) is 4. The molecule has 1 saturated heterocycles. The van der Waals surface area contributed by atoms with Crippen molar-refractivity contribution < 1.29 is 18.7 Å². The largest absolute Gasteiger partial charge is 0.497 e. The third kappa shape index (κ3) is 3.46. The molecule has 27 heavy (non-hydrogen) atoms. The number of cyclic esters (lactones) is 1. The highest BCUT2D eigenvalue weighted by Gasteiger charge is 2.36. The normalized spacial score (nSPS) is 18.7. The van der Waals surface area contributed by atoms with E-state index in [1.165, 1.54) is 12.3 Å².